The van der Waals surface area contributed by atoms with Gasteiger partial charge >= 0.3 is 0 Å². The minimum atomic E-state index is 0.0653. The summed E-state index contributed by atoms with van der Waals surface area (Å²) in [5, 5.41) is 14.2. The average molecular weight is 473 g/mol. The van der Waals surface area contributed by atoms with Crippen LogP contribution in [0.2, 0.25) is 0 Å². The summed E-state index contributed by atoms with van der Waals surface area (Å²) in [5.74, 6) is 1.30. The molecule has 0 radical (unpaired) electrons. The van der Waals surface area contributed by atoms with Gasteiger partial charge in [0.2, 0.25) is 5.91 Å². The zero-order valence-electron chi connectivity index (χ0n) is 19.0. The van der Waals surface area contributed by atoms with Crippen LogP contribution in [0.4, 0.5) is 0 Å². The molecule has 2 aromatic carbocycles. The van der Waals surface area contributed by atoms with Crippen LogP contribution in [0.15, 0.2) is 66.0 Å². The Morgan fingerprint density at radius 1 is 1.06 bits per heavy atom. The molecule has 2 aromatic heterocycles. The lowest BCUT2D eigenvalue weighted by Crippen LogP contribution is -2.38. The molecule has 8 heteroatoms. The third-order valence-electron chi connectivity index (χ3n) is 6.63. The molecule has 0 spiro atoms. The Balaban J connectivity index is 1.08. The van der Waals surface area contributed by atoms with Gasteiger partial charge in [-0.15, -0.1) is 10.2 Å². The molecule has 3 heterocycles. The number of hydrogen-bond acceptors (Lipinski definition) is 5. The zero-order valence-corrected chi connectivity index (χ0v) is 19.8. The van der Waals surface area contributed by atoms with Gasteiger partial charge in [-0.1, -0.05) is 60.3 Å². The number of amides is 1. The first-order chi connectivity index (χ1) is 16.7. The third kappa shape index (κ3) is 4.48. The normalized spacial score (nSPS) is 18.5. The van der Waals surface area contributed by atoms with Gasteiger partial charge in [0.1, 0.15) is 0 Å². The van der Waals surface area contributed by atoms with E-state index in [2.05, 4.69) is 66.4 Å². The second kappa shape index (κ2) is 9.27. The summed E-state index contributed by atoms with van der Waals surface area (Å²) in [6.07, 6.45) is 5.27. The third-order valence-corrected chi connectivity index (χ3v) is 7.57. The molecule has 1 aliphatic heterocycles. The number of aromatic nitrogens is 4. The molecular formula is C26H28N6OS. The molecule has 0 bridgehead atoms. The molecule has 2 N–H and O–H groups in total. The van der Waals surface area contributed by atoms with Crippen LogP contribution < -0.4 is 5.32 Å². The fraction of sp³-hybridized carbons (Fsp3) is 0.346. The smallest absolute Gasteiger partial charge is 0.230 e. The van der Waals surface area contributed by atoms with Crippen LogP contribution in [0.3, 0.4) is 0 Å². The number of benzene rings is 2. The largest absolute Gasteiger partial charge is 0.360 e. The summed E-state index contributed by atoms with van der Waals surface area (Å²) >= 11 is 1.49. The Hall–Kier alpha value is -3.10. The predicted molar refractivity (Wildman–Crippen MR) is 135 cm³/mol. The SMILES string of the molecule is O=C(CSc1nnc(-c2c[nH]c3ccccc23)n1C1CC1)NC1CCN(Cc2ccccc2)C1. The van der Waals surface area contributed by atoms with Gasteiger partial charge in [-0.3, -0.25) is 14.3 Å². The zero-order chi connectivity index (χ0) is 22.9. The number of carbonyl (C=O) groups excluding carboxylic acids is 1. The summed E-state index contributed by atoms with van der Waals surface area (Å²) in [7, 11) is 0. The van der Waals surface area contributed by atoms with E-state index in [4.69, 9.17) is 0 Å². The van der Waals surface area contributed by atoms with Crippen molar-refractivity contribution >= 4 is 28.6 Å². The van der Waals surface area contributed by atoms with E-state index in [1.54, 1.807) is 0 Å². The van der Waals surface area contributed by atoms with Crippen LogP contribution in [-0.2, 0) is 11.3 Å². The molecule has 174 valence electrons. The number of H-pyrrole nitrogens is 1. The average Bonchev–Trinajstić information content (AvgIpc) is 3.25. The van der Waals surface area contributed by atoms with Crippen molar-refractivity contribution in [1.82, 2.24) is 30.0 Å². The molecule has 2 aliphatic rings. The van der Waals surface area contributed by atoms with Crippen LogP contribution >= 0.6 is 11.8 Å². The fourth-order valence-corrected chi connectivity index (χ4v) is 5.63. The number of thioether (sulfide) groups is 1. The molecule has 7 nitrogen and oxygen atoms in total. The van der Waals surface area contributed by atoms with E-state index in [1.807, 2.05) is 24.4 Å². The highest BCUT2D eigenvalue weighted by Crippen LogP contribution is 2.42. The van der Waals surface area contributed by atoms with E-state index in [1.165, 1.54) is 17.3 Å². The number of aromatic amines is 1. The van der Waals surface area contributed by atoms with Crippen molar-refractivity contribution in [2.24, 2.45) is 0 Å². The predicted octanol–water partition coefficient (Wildman–Crippen LogP) is 4.24. The Bertz CT molecular complexity index is 1300. The van der Waals surface area contributed by atoms with Crippen molar-refractivity contribution in [2.45, 2.75) is 43.0 Å². The van der Waals surface area contributed by atoms with Gasteiger partial charge < -0.3 is 10.3 Å². The van der Waals surface area contributed by atoms with E-state index in [0.29, 0.717) is 11.8 Å². The van der Waals surface area contributed by atoms with E-state index in [9.17, 15) is 4.79 Å². The fourth-order valence-electron chi connectivity index (χ4n) is 4.81. The number of likely N-dealkylation sites (tertiary alicyclic amines) is 1. The van der Waals surface area contributed by atoms with Gasteiger partial charge in [0.05, 0.1) is 5.75 Å². The van der Waals surface area contributed by atoms with E-state index in [0.717, 1.165) is 66.3 Å². The Labute approximate surface area is 202 Å². The topological polar surface area (TPSA) is 78.8 Å². The van der Waals surface area contributed by atoms with Crippen molar-refractivity contribution in [1.29, 1.82) is 0 Å². The van der Waals surface area contributed by atoms with Crippen LogP contribution in [-0.4, -0.2) is 55.4 Å². The minimum Gasteiger partial charge on any atom is -0.360 e. The van der Waals surface area contributed by atoms with Crippen LogP contribution in [0.25, 0.3) is 22.3 Å². The summed E-state index contributed by atoms with van der Waals surface area (Å²) in [6, 6.07) is 19.4. The minimum absolute atomic E-state index is 0.0653. The van der Waals surface area contributed by atoms with Crippen molar-refractivity contribution in [3.8, 4) is 11.4 Å². The molecule has 6 rings (SSSR count). The first kappa shape index (κ1) is 21.4. The number of hydrogen-bond donors (Lipinski definition) is 2. The van der Waals surface area contributed by atoms with Gasteiger partial charge in [-0.2, -0.15) is 0 Å². The van der Waals surface area contributed by atoms with Crippen LogP contribution in [0.5, 0.6) is 0 Å². The number of rotatable bonds is 8. The summed E-state index contributed by atoms with van der Waals surface area (Å²) in [5.41, 5.74) is 3.47. The molecular weight excluding hydrogens is 444 g/mol. The van der Waals surface area contributed by atoms with Crippen LogP contribution in [0, 0.1) is 0 Å². The number of fused-ring (bicyclic) bond motifs is 1. The van der Waals surface area contributed by atoms with Crippen molar-refractivity contribution in [3.05, 3.63) is 66.4 Å². The standard InChI is InChI=1S/C26H28N6OS/c33-24(28-19-12-13-31(16-19)15-18-6-2-1-3-7-18)17-34-26-30-29-25(32(26)20-10-11-20)22-14-27-23-9-5-4-8-21(22)23/h1-9,14,19-20,27H,10-13,15-17H2,(H,28,33). The number of nitrogens with zero attached hydrogens (tertiary/aromatic N) is 4. The molecule has 4 aromatic rings. The van der Waals surface area contributed by atoms with E-state index >= 15 is 0 Å². The molecule has 1 unspecified atom stereocenters. The van der Waals surface area contributed by atoms with Gasteiger partial charge in [0.15, 0.2) is 11.0 Å². The molecule has 1 atom stereocenters. The Kier molecular flexibility index (Phi) is 5.84. The van der Waals surface area contributed by atoms with Gasteiger partial charge in [-0.25, -0.2) is 0 Å². The van der Waals surface area contributed by atoms with Gasteiger partial charge in [0, 0.05) is 54.4 Å². The summed E-state index contributed by atoms with van der Waals surface area (Å²) in [4.78, 5) is 18.5. The second-order valence-electron chi connectivity index (χ2n) is 9.22. The second-order valence-corrected chi connectivity index (χ2v) is 10.2. The first-order valence-electron chi connectivity index (χ1n) is 11.9. The lowest BCUT2D eigenvalue weighted by molar-refractivity contribution is -0.119. The van der Waals surface area contributed by atoms with Crippen molar-refractivity contribution in [2.75, 3.05) is 18.8 Å². The lowest BCUT2D eigenvalue weighted by Gasteiger charge is -2.16. The highest BCUT2D eigenvalue weighted by Gasteiger charge is 2.31. The monoisotopic (exact) mass is 472 g/mol. The number of para-hydroxylation sites is 1. The summed E-state index contributed by atoms with van der Waals surface area (Å²) < 4.78 is 2.23. The number of carbonyl (C=O) groups is 1. The van der Waals surface area contributed by atoms with E-state index in [-0.39, 0.29) is 11.9 Å². The van der Waals surface area contributed by atoms with Gasteiger partial charge in [0.25, 0.3) is 0 Å². The van der Waals surface area contributed by atoms with E-state index < -0.39 is 0 Å². The molecule has 34 heavy (non-hydrogen) atoms. The van der Waals surface area contributed by atoms with Gasteiger partial charge in [-0.05, 0) is 30.9 Å². The number of nitrogens with one attached hydrogen (secondary N) is 2. The van der Waals surface area contributed by atoms with Crippen molar-refractivity contribution in [3.63, 3.8) is 0 Å². The molecule has 1 saturated carbocycles. The Morgan fingerprint density at radius 2 is 1.88 bits per heavy atom. The van der Waals surface area contributed by atoms with Crippen LogP contribution in [0.1, 0.15) is 30.9 Å². The maximum absolute atomic E-state index is 12.7. The maximum atomic E-state index is 12.7. The summed E-state index contributed by atoms with van der Waals surface area (Å²) in [6.45, 7) is 2.84. The molecule has 1 amide bonds. The van der Waals surface area contributed by atoms with Crippen molar-refractivity contribution < 1.29 is 4.79 Å². The molecule has 1 aliphatic carbocycles. The molecule has 1 saturated heterocycles. The highest BCUT2D eigenvalue weighted by molar-refractivity contribution is 7.99. The molecule has 2 fully saturated rings. The first-order valence-corrected chi connectivity index (χ1v) is 12.9. The lowest BCUT2D eigenvalue weighted by atomic mass is 10.1. The highest BCUT2D eigenvalue weighted by atomic mass is 32.2. The maximum Gasteiger partial charge on any atom is 0.230 e. The quantitative estimate of drug-likeness (QED) is 0.375. The Morgan fingerprint density at radius 3 is 2.74 bits per heavy atom.